The first-order valence-electron chi connectivity index (χ1n) is 7.03. The molecule has 1 saturated carbocycles. The highest BCUT2D eigenvalue weighted by atomic mass is 32.1. The topological polar surface area (TPSA) is 49.8 Å². The van der Waals surface area contributed by atoms with Crippen LogP contribution in [0.1, 0.15) is 32.1 Å². The van der Waals surface area contributed by atoms with Crippen molar-refractivity contribution >= 4 is 33.3 Å². The fourth-order valence-electron chi connectivity index (χ4n) is 2.73. The third-order valence-electron chi connectivity index (χ3n) is 3.83. The standard InChI is InChI=1S/C14H20N4S/c1-15-14-17-12(11-7-8-19-13(11)18-14)16-9-10-5-3-2-4-6-10/h7-8,10H,2-6,9H2,1H3,(H2,15,16,17,18). The van der Waals surface area contributed by atoms with E-state index in [-0.39, 0.29) is 0 Å². The number of hydrogen-bond acceptors (Lipinski definition) is 5. The minimum absolute atomic E-state index is 0.695. The molecule has 1 fully saturated rings. The molecule has 0 amide bonds. The highest BCUT2D eigenvalue weighted by Gasteiger charge is 2.14. The van der Waals surface area contributed by atoms with E-state index in [2.05, 4.69) is 32.0 Å². The van der Waals surface area contributed by atoms with Gasteiger partial charge in [-0.25, -0.2) is 4.98 Å². The van der Waals surface area contributed by atoms with Crippen LogP contribution in [0.4, 0.5) is 11.8 Å². The molecule has 2 N–H and O–H groups in total. The maximum absolute atomic E-state index is 4.55. The third kappa shape index (κ3) is 2.81. The molecule has 5 heteroatoms. The van der Waals surface area contributed by atoms with E-state index in [1.807, 2.05) is 7.05 Å². The van der Waals surface area contributed by atoms with Crippen molar-refractivity contribution in [2.24, 2.45) is 5.92 Å². The van der Waals surface area contributed by atoms with E-state index >= 15 is 0 Å². The highest BCUT2D eigenvalue weighted by Crippen LogP contribution is 2.28. The van der Waals surface area contributed by atoms with Crippen molar-refractivity contribution in [1.29, 1.82) is 0 Å². The molecular weight excluding hydrogens is 256 g/mol. The molecule has 0 atom stereocenters. The van der Waals surface area contributed by atoms with Gasteiger partial charge in [0.25, 0.3) is 0 Å². The normalized spacial score (nSPS) is 16.7. The van der Waals surface area contributed by atoms with Crippen LogP contribution in [0, 0.1) is 5.92 Å². The quantitative estimate of drug-likeness (QED) is 0.893. The Balaban J connectivity index is 1.77. The Kier molecular flexibility index (Phi) is 3.82. The van der Waals surface area contributed by atoms with Gasteiger partial charge in [0, 0.05) is 13.6 Å². The summed E-state index contributed by atoms with van der Waals surface area (Å²) >= 11 is 1.66. The molecule has 0 bridgehead atoms. The van der Waals surface area contributed by atoms with Gasteiger partial charge in [-0.2, -0.15) is 4.98 Å². The van der Waals surface area contributed by atoms with E-state index in [1.165, 1.54) is 32.1 Å². The second-order valence-electron chi connectivity index (χ2n) is 5.17. The number of thiophene rings is 1. The second kappa shape index (κ2) is 5.74. The lowest BCUT2D eigenvalue weighted by atomic mass is 9.89. The average molecular weight is 276 g/mol. The molecule has 0 aromatic carbocycles. The molecular formula is C14H20N4S. The summed E-state index contributed by atoms with van der Waals surface area (Å²) in [5.74, 6) is 2.47. The summed E-state index contributed by atoms with van der Waals surface area (Å²) in [4.78, 5) is 10.1. The molecule has 0 radical (unpaired) electrons. The molecule has 2 aromatic heterocycles. The fourth-order valence-corrected chi connectivity index (χ4v) is 3.50. The lowest BCUT2D eigenvalue weighted by Crippen LogP contribution is -2.18. The van der Waals surface area contributed by atoms with E-state index in [4.69, 9.17) is 0 Å². The SMILES string of the molecule is CNc1nc(NCC2CCCCC2)c2ccsc2n1. The van der Waals surface area contributed by atoms with Gasteiger partial charge >= 0.3 is 0 Å². The number of aromatic nitrogens is 2. The Bertz CT molecular complexity index is 545. The van der Waals surface area contributed by atoms with E-state index in [0.29, 0.717) is 5.95 Å². The van der Waals surface area contributed by atoms with E-state index in [9.17, 15) is 0 Å². The molecule has 4 nitrogen and oxygen atoms in total. The van der Waals surface area contributed by atoms with Crippen LogP contribution in [-0.4, -0.2) is 23.6 Å². The summed E-state index contributed by atoms with van der Waals surface area (Å²) in [7, 11) is 1.86. The van der Waals surface area contributed by atoms with E-state index in [0.717, 1.165) is 28.5 Å². The van der Waals surface area contributed by atoms with E-state index in [1.54, 1.807) is 11.3 Å². The monoisotopic (exact) mass is 276 g/mol. The molecule has 2 aromatic rings. The van der Waals surface area contributed by atoms with Crippen molar-refractivity contribution in [3.63, 3.8) is 0 Å². The summed E-state index contributed by atoms with van der Waals surface area (Å²) in [6.45, 7) is 1.03. The summed E-state index contributed by atoms with van der Waals surface area (Å²) in [6, 6.07) is 2.10. The van der Waals surface area contributed by atoms with Crippen LogP contribution in [0.15, 0.2) is 11.4 Å². The van der Waals surface area contributed by atoms with Gasteiger partial charge in [0.05, 0.1) is 5.39 Å². The molecule has 1 aliphatic carbocycles. The van der Waals surface area contributed by atoms with Gasteiger partial charge in [0.2, 0.25) is 5.95 Å². The number of hydrogen-bond donors (Lipinski definition) is 2. The maximum atomic E-state index is 4.55. The molecule has 19 heavy (non-hydrogen) atoms. The molecule has 2 heterocycles. The lowest BCUT2D eigenvalue weighted by molar-refractivity contribution is 0.373. The number of nitrogens with one attached hydrogen (secondary N) is 2. The molecule has 0 unspecified atom stereocenters. The van der Waals surface area contributed by atoms with Crippen LogP contribution in [-0.2, 0) is 0 Å². The fraction of sp³-hybridized carbons (Fsp3) is 0.571. The number of anilines is 2. The van der Waals surface area contributed by atoms with Crippen LogP contribution >= 0.6 is 11.3 Å². The Morgan fingerprint density at radius 1 is 1.26 bits per heavy atom. The van der Waals surface area contributed by atoms with Gasteiger partial charge in [0.15, 0.2) is 0 Å². The Labute approximate surface area is 117 Å². The van der Waals surface area contributed by atoms with Crippen LogP contribution in [0.5, 0.6) is 0 Å². The summed E-state index contributed by atoms with van der Waals surface area (Å²) in [5.41, 5.74) is 0. The molecule has 1 aliphatic rings. The van der Waals surface area contributed by atoms with Gasteiger partial charge in [-0.1, -0.05) is 19.3 Å². The first-order chi connectivity index (χ1) is 9.36. The third-order valence-corrected chi connectivity index (χ3v) is 4.64. The van der Waals surface area contributed by atoms with E-state index < -0.39 is 0 Å². The lowest BCUT2D eigenvalue weighted by Gasteiger charge is -2.22. The number of rotatable bonds is 4. The minimum Gasteiger partial charge on any atom is -0.369 e. The molecule has 3 rings (SSSR count). The summed E-state index contributed by atoms with van der Waals surface area (Å²) in [5, 5.41) is 9.78. The van der Waals surface area contributed by atoms with Crippen molar-refractivity contribution in [2.75, 3.05) is 24.2 Å². The molecule has 102 valence electrons. The van der Waals surface area contributed by atoms with Crippen molar-refractivity contribution in [3.05, 3.63) is 11.4 Å². The number of nitrogens with zero attached hydrogens (tertiary/aromatic N) is 2. The second-order valence-corrected chi connectivity index (χ2v) is 6.06. The van der Waals surface area contributed by atoms with Crippen molar-refractivity contribution in [1.82, 2.24) is 9.97 Å². The van der Waals surface area contributed by atoms with Crippen LogP contribution in [0.2, 0.25) is 0 Å². The summed E-state index contributed by atoms with van der Waals surface area (Å²) in [6.07, 6.45) is 6.87. The first-order valence-corrected chi connectivity index (χ1v) is 7.91. The minimum atomic E-state index is 0.695. The summed E-state index contributed by atoms with van der Waals surface area (Å²) < 4.78 is 0. The molecule has 0 spiro atoms. The van der Waals surface area contributed by atoms with Gasteiger partial charge in [0.1, 0.15) is 10.6 Å². The largest absolute Gasteiger partial charge is 0.369 e. The predicted octanol–water partition coefficient (Wildman–Crippen LogP) is 3.73. The number of fused-ring (bicyclic) bond motifs is 1. The zero-order valence-corrected chi connectivity index (χ0v) is 12.1. The van der Waals surface area contributed by atoms with Crippen LogP contribution in [0.3, 0.4) is 0 Å². The van der Waals surface area contributed by atoms with Gasteiger partial charge in [-0.15, -0.1) is 11.3 Å². The zero-order chi connectivity index (χ0) is 13.1. The Morgan fingerprint density at radius 2 is 2.11 bits per heavy atom. The molecule has 0 saturated heterocycles. The first kappa shape index (κ1) is 12.7. The van der Waals surface area contributed by atoms with Crippen molar-refractivity contribution in [2.45, 2.75) is 32.1 Å². The average Bonchev–Trinajstić information content (AvgIpc) is 2.94. The highest BCUT2D eigenvalue weighted by molar-refractivity contribution is 7.16. The molecule has 0 aliphatic heterocycles. The van der Waals surface area contributed by atoms with Gasteiger partial charge in [-0.3, -0.25) is 0 Å². The van der Waals surface area contributed by atoms with Crippen LogP contribution < -0.4 is 10.6 Å². The van der Waals surface area contributed by atoms with Crippen molar-refractivity contribution in [3.8, 4) is 0 Å². The van der Waals surface area contributed by atoms with Gasteiger partial charge in [-0.05, 0) is 30.2 Å². The van der Waals surface area contributed by atoms with Gasteiger partial charge < -0.3 is 10.6 Å². The Morgan fingerprint density at radius 3 is 2.89 bits per heavy atom. The zero-order valence-electron chi connectivity index (χ0n) is 11.3. The van der Waals surface area contributed by atoms with Crippen molar-refractivity contribution < 1.29 is 0 Å². The Hall–Kier alpha value is -1.36. The smallest absolute Gasteiger partial charge is 0.225 e. The van der Waals surface area contributed by atoms with Crippen LogP contribution in [0.25, 0.3) is 10.2 Å². The maximum Gasteiger partial charge on any atom is 0.225 e. The predicted molar refractivity (Wildman–Crippen MR) is 82.0 cm³/mol.